The molecule has 0 saturated carbocycles. The number of para-hydroxylation sites is 1. The minimum atomic E-state index is -0.334. The zero-order valence-corrected chi connectivity index (χ0v) is 16.2. The van der Waals surface area contributed by atoms with E-state index < -0.39 is 0 Å². The lowest BCUT2D eigenvalue weighted by atomic mass is 9.91. The summed E-state index contributed by atoms with van der Waals surface area (Å²) in [6.07, 6.45) is 2.04. The van der Waals surface area contributed by atoms with E-state index in [-0.39, 0.29) is 29.8 Å². The van der Waals surface area contributed by atoms with Crippen LogP contribution in [0.4, 0.5) is 0 Å². The van der Waals surface area contributed by atoms with E-state index in [4.69, 9.17) is 14.2 Å². The van der Waals surface area contributed by atoms with Gasteiger partial charge in [0.2, 0.25) is 0 Å². The zero-order chi connectivity index (χ0) is 19.0. The molecule has 0 bridgehead atoms. The van der Waals surface area contributed by atoms with Gasteiger partial charge in [0.05, 0.1) is 20.3 Å². The molecule has 1 aromatic carbocycles. The van der Waals surface area contributed by atoms with E-state index >= 15 is 0 Å². The van der Waals surface area contributed by atoms with Gasteiger partial charge in [-0.3, -0.25) is 10.1 Å². The van der Waals surface area contributed by atoms with Crippen LogP contribution in [0, 0.1) is 5.41 Å². The van der Waals surface area contributed by atoms with Crippen molar-refractivity contribution in [2.24, 2.45) is 5.41 Å². The fraction of sp³-hybridized carbons (Fsp3) is 0.571. The molecule has 27 heavy (non-hydrogen) atoms. The van der Waals surface area contributed by atoms with Crippen LogP contribution >= 0.6 is 0 Å². The largest absolute Gasteiger partial charge is 0.468 e. The number of carbonyl (C=O) groups excluding carboxylic acids is 1. The summed E-state index contributed by atoms with van der Waals surface area (Å²) < 4.78 is 16.7. The molecule has 0 radical (unpaired) electrons. The molecule has 0 amide bonds. The van der Waals surface area contributed by atoms with Gasteiger partial charge in [0.25, 0.3) is 0 Å². The third-order valence-corrected chi connectivity index (χ3v) is 5.50. The molecule has 2 N–H and O–H groups in total. The van der Waals surface area contributed by atoms with Gasteiger partial charge >= 0.3 is 5.97 Å². The summed E-state index contributed by atoms with van der Waals surface area (Å²) in [5.74, 6) is -0.220. The number of hydrogen-bond donors (Lipinski definition) is 2. The van der Waals surface area contributed by atoms with Gasteiger partial charge in [-0.15, -0.1) is 0 Å². The van der Waals surface area contributed by atoms with E-state index in [1.807, 2.05) is 12.1 Å². The third-order valence-electron chi connectivity index (χ3n) is 5.50. The molecule has 1 saturated heterocycles. The van der Waals surface area contributed by atoms with Crippen molar-refractivity contribution in [3.63, 3.8) is 0 Å². The number of carbonyl (C=O) groups is 1. The predicted octanol–water partition coefficient (Wildman–Crippen LogP) is 3.08. The zero-order valence-electron chi connectivity index (χ0n) is 16.2. The van der Waals surface area contributed by atoms with Crippen molar-refractivity contribution in [2.45, 2.75) is 51.5 Å². The number of aromatic amines is 1. The van der Waals surface area contributed by atoms with E-state index in [0.29, 0.717) is 19.6 Å². The molecule has 0 spiro atoms. The highest BCUT2D eigenvalue weighted by Crippen LogP contribution is 2.35. The molecule has 4 rings (SSSR count). The second-order valence-electron chi connectivity index (χ2n) is 8.36. The maximum absolute atomic E-state index is 12.2. The van der Waals surface area contributed by atoms with Gasteiger partial charge in [-0.2, -0.15) is 0 Å². The lowest BCUT2D eigenvalue weighted by molar-refractivity contribution is -0.224. The Morgan fingerprint density at radius 1 is 1.22 bits per heavy atom. The van der Waals surface area contributed by atoms with Crippen LogP contribution in [0.5, 0.6) is 0 Å². The van der Waals surface area contributed by atoms with E-state index in [2.05, 4.69) is 36.3 Å². The highest BCUT2D eigenvalue weighted by molar-refractivity contribution is 5.87. The number of rotatable bonds is 4. The van der Waals surface area contributed by atoms with Crippen LogP contribution in [0.25, 0.3) is 10.9 Å². The normalized spacial score (nSPS) is 25.3. The lowest BCUT2D eigenvalue weighted by Gasteiger charge is -2.36. The molecule has 2 aliphatic rings. The number of methoxy groups -OCH3 is 1. The van der Waals surface area contributed by atoms with Crippen molar-refractivity contribution in [3.8, 4) is 0 Å². The molecule has 0 aliphatic carbocycles. The molecule has 3 heterocycles. The summed E-state index contributed by atoms with van der Waals surface area (Å²) in [6, 6.07) is 7.94. The van der Waals surface area contributed by atoms with Crippen molar-refractivity contribution in [2.75, 3.05) is 20.3 Å². The summed E-state index contributed by atoms with van der Waals surface area (Å²) in [5.41, 5.74) is 3.54. The van der Waals surface area contributed by atoms with Gasteiger partial charge in [-0.25, -0.2) is 0 Å². The third kappa shape index (κ3) is 3.74. The maximum atomic E-state index is 12.2. The molecule has 6 heteroatoms. The van der Waals surface area contributed by atoms with E-state index in [1.54, 1.807) is 0 Å². The number of H-pyrrole nitrogens is 1. The standard InChI is InChI=1S/C21H28N2O4/c1-21(2)11-26-18(27-12-21)9-8-16-19-14(10-17(22-16)20(24)25-3)13-6-4-5-7-15(13)23-19/h4-7,16-18,22-23H,8-12H2,1-3H3. The number of esters is 1. The molecule has 1 fully saturated rings. The molecule has 2 unspecified atom stereocenters. The minimum absolute atomic E-state index is 0.0346. The van der Waals surface area contributed by atoms with Crippen LogP contribution in [0.15, 0.2) is 24.3 Å². The molecule has 1 aromatic heterocycles. The number of aromatic nitrogens is 1. The van der Waals surface area contributed by atoms with Crippen LogP contribution < -0.4 is 5.32 Å². The van der Waals surface area contributed by atoms with E-state index in [1.165, 1.54) is 18.1 Å². The van der Waals surface area contributed by atoms with Gasteiger partial charge in [-0.05, 0) is 18.1 Å². The number of benzene rings is 1. The summed E-state index contributed by atoms with van der Waals surface area (Å²) >= 11 is 0. The Morgan fingerprint density at radius 2 is 1.96 bits per heavy atom. The fourth-order valence-corrected chi connectivity index (χ4v) is 4.05. The first-order valence-corrected chi connectivity index (χ1v) is 9.63. The predicted molar refractivity (Wildman–Crippen MR) is 102 cm³/mol. The van der Waals surface area contributed by atoms with E-state index in [9.17, 15) is 4.79 Å². The number of ether oxygens (including phenoxy) is 3. The molecule has 2 aromatic rings. The summed E-state index contributed by atoms with van der Waals surface area (Å²) in [5, 5.41) is 4.64. The van der Waals surface area contributed by atoms with Crippen LogP contribution in [-0.4, -0.2) is 43.6 Å². The molecule has 146 valence electrons. The molecular formula is C21H28N2O4. The Labute approximate surface area is 159 Å². The molecule has 2 aliphatic heterocycles. The average Bonchev–Trinajstić information content (AvgIpc) is 3.05. The van der Waals surface area contributed by atoms with Gasteiger partial charge < -0.3 is 19.2 Å². The SMILES string of the molecule is COC(=O)C1Cc2c([nH]c3ccccc23)C(CCC2OCC(C)(C)CO2)N1. The first-order valence-electron chi connectivity index (χ1n) is 9.63. The second kappa shape index (κ2) is 7.26. The summed E-state index contributed by atoms with van der Waals surface area (Å²) in [6.45, 7) is 5.70. The number of nitrogens with one attached hydrogen (secondary N) is 2. The minimum Gasteiger partial charge on any atom is -0.468 e. The Bertz CT molecular complexity index is 819. The Morgan fingerprint density at radius 3 is 2.70 bits per heavy atom. The fourth-order valence-electron chi connectivity index (χ4n) is 4.05. The van der Waals surface area contributed by atoms with Crippen molar-refractivity contribution >= 4 is 16.9 Å². The summed E-state index contributed by atoms with van der Waals surface area (Å²) in [4.78, 5) is 15.8. The lowest BCUT2D eigenvalue weighted by Crippen LogP contribution is -2.45. The number of fused-ring (bicyclic) bond motifs is 3. The van der Waals surface area contributed by atoms with Crippen molar-refractivity contribution in [1.29, 1.82) is 0 Å². The molecule has 6 nitrogen and oxygen atoms in total. The molecular weight excluding hydrogens is 344 g/mol. The number of hydrogen-bond acceptors (Lipinski definition) is 5. The Hall–Kier alpha value is -1.89. The Balaban J connectivity index is 1.54. The highest BCUT2D eigenvalue weighted by Gasteiger charge is 2.35. The second-order valence-corrected chi connectivity index (χ2v) is 8.36. The van der Waals surface area contributed by atoms with Crippen LogP contribution in [0.1, 0.15) is 44.0 Å². The monoisotopic (exact) mass is 372 g/mol. The van der Waals surface area contributed by atoms with Crippen molar-refractivity contribution in [3.05, 3.63) is 35.5 Å². The van der Waals surface area contributed by atoms with Gasteiger partial charge in [0.15, 0.2) is 6.29 Å². The van der Waals surface area contributed by atoms with Crippen LogP contribution in [0.3, 0.4) is 0 Å². The smallest absolute Gasteiger partial charge is 0.323 e. The topological polar surface area (TPSA) is 72.6 Å². The van der Waals surface area contributed by atoms with Gasteiger partial charge in [-0.1, -0.05) is 32.0 Å². The van der Waals surface area contributed by atoms with Crippen molar-refractivity contribution < 1.29 is 19.0 Å². The van der Waals surface area contributed by atoms with Crippen LogP contribution in [0.2, 0.25) is 0 Å². The average molecular weight is 372 g/mol. The first kappa shape index (κ1) is 18.5. The Kier molecular flexibility index (Phi) is 4.97. The first-order chi connectivity index (χ1) is 13.0. The molecule has 2 atom stereocenters. The van der Waals surface area contributed by atoms with E-state index in [0.717, 1.165) is 24.1 Å². The maximum Gasteiger partial charge on any atom is 0.323 e. The van der Waals surface area contributed by atoms with Gasteiger partial charge in [0.1, 0.15) is 6.04 Å². The van der Waals surface area contributed by atoms with Crippen molar-refractivity contribution in [1.82, 2.24) is 10.3 Å². The highest BCUT2D eigenvalue weighted by atomic mass is 16.7. The summed E-state index contributed by atoms with van der Waals surface area (Å²) in [7, 11) is 1.44. The van der Waals surface area contributed by atoms with Crippen LogP contribution in [-0.2, 0) is 25.4 Å². The van der Waals surface area contributed by atoms with Gasteiger partial charge in [0, 0.05) is 40.9 Å². The quantitative estimate of drug-likeness (QED) is 0.807.